The van der Waals surface area contributed by atoms with E-state index in [0.29, 0.717) is 18.1 Å². The van der Waals surface area contributed by atoms with Crippen LogP contribution in [0, 0.1) is 6.92 Å². The summed E-state index contributed by atoms with van der Waals surface area (Å²) in [4.78, 5) is 19.9. The predicted molar refractivity (Wildman–Crippen MR) is 68.2 cm³/mol. The lowest BCUT2D eigenvalue weighted by molar-refractivity contribution is -0.140. The van der Waals surface area contributed by atoms with Crippen LogP contribution in [0.15, 0.2) is 12.3 Å². The Morgan fingerprint density at radius 2 is 2.05 bits per heavy atom. The maximum atomic E-state index is 12.1. The van der Waals surface area contributed by atoms with E-state index in [0.717, 1.165) is 0 Å². The Morgan fingerprint density at radius 1 is 1.40 bits per heavy atom. The third-order valence-corrected chi connectivity index (χ3v) is 2.84. The number of rotatable bonds is 5. The van der Waals surface area contributed by atoms with Crippen molar-refractivity contribution in [2.45, 2.75) is 38.9 Å². The number of hydrogen-bond donors (Lipinski definition) is 2. The predicted octanol–water partition coefficient (Wildman–Crippen LogP) is 2.04. The highest BCUT2D eigenvalue weighted by atomic mass is 19.4. The Morgan fingerprint density at radius 3 is 2.55 bits per heavy atom. The quantitative estimate of drug-likeness (QED) is 0.871. The summed E-state index contributed by atoms with van der Waals surface area (Å²) in [5.41, 5.74) is -1.17. The Kier molecular flexibility index (Phi) is 4.91. The number of aryl methyl sites for hydroxylation is 1. The lowest BCUT2D eigenvalue weighted by Gasteiger charge is -2.29. The van der Waals surface area contributed by atoms with Crippen LogP contribution in [0.3, 0.4) is 0 Å². The van der Waals surface area contributed by atoms with Gasteiger partial charge in [-0.15, -0.1) is 0 Å². The summed E-state index contributed by atoms with van der Waals surface area (Å²) in [6, 6.07) is 1.55. The molecule has 0 fully saturated rings. The van der Waals surface area contributed by atoms with Gasteiger partial charge < -0.3 is 10.6 Å². The zero-order chi connectivity index (χ0) is 15.4. The molecule has 0 saturated heterocycles. The van der Waals surface area contributed by atoms with Gasteiger partial charge in [0.25, 0.3) is 0 Å². The van der Waals surface area contributed by atoms with E-state index in [9.17, 15) is 18.0 Å². The van der Waals surface area contributed by atoms with Gasteiger partial charge in [0.1, 0.15) is 23.7 Å². The maximum Gasteiger partial charge on any atom is 0.405 e. The van der Waals surface area contributed by atoms with Crippen molar-refractivity contribution < 1.29 is 18.0 Å². The Labute approximate surface area is 115 Å². The van der Waals surface area contributed by atoms with E-state index in [2.05, 4.69) is 15.3 Å². The molecule has 0 aromatic carbocycles. The SMILES string of the molecule is CCC(C)(Nc1ccnc(C)n1)C(=O)NCC(F)(F)F. The van der Waals surface area contributed by atoms with Gasteiger partial charge in [0.05, 0.1) is 0 Å². The average Bonchev–Trinajstić information content (AvgIpc) is 2.34. The second-order valence-corrected chi connectivity index (χ2v) is 4.60. The van der Waals surface area contributed by atoms with E-state index >= 15 is 0 Å². The summed E-state index contributed by atoms with van der Waals surface area (Å²) in [6.45, 7) is 3.55. The molecule has 0 saturated carbocycles. The minimum Gasteiger partial charge on any atom is -0.356 e. The van der Waals surface area contributed by atoms with E-state index in [1.165, 1.54) is 13.1 Å². The molecular weight excluding hydrogens is 273 g/mol. The lowest BCUT2D eigenvalue weighted by atomic mass is 9.97. The first-order valence-corrected chi connectivity index (χ1v) is 6.09. The Balaban J connectivity index is 2.78. The van der Waals surface area contributed by atoms with Crippen molar-refractivity contribution in [3.8, 4) is 0 Å². The van der Waals surface area contributed by atoms with Crippen molar-refractivity contribution >= 4 is 11.7 Å². The minimum absolute atomic E-state index is 0.305. The van der Waals surface area contributed by atoms with Gasteiger partial charge in [-0.3, -0.25) is 4.79 Å². The number of carbonyl (C=O) groups excluding carboxylic acids is 1. The molecule has 1 unspecified atom stereocenters. The molecule has 1 aromatic rings. The summed E-state index contributed by atoms with van der Waals surface area (Å²) < 4.78 is 36.4. The highest BCUT2D eigenvalue weighted by Crippen LogP contribution is 2.18. The van der Waals surface area contributed by atoms with Crippen molar-refractivity contribution in [1.29, 1.82) is 0 Å². The van der Waals surface area contributed by atoms with Gasteiger partial charge in [0.2, 0.25) is 5.91 Å². The molecule has 1 rings (SSSR count). The summed E-state index contributed by atoms with van der Waals surface area (Å²) in [7, 11) is 0. The van der Waals surface area contributed by atoms with Crippen LogP contribution in [-0.4, -0.2) is 34.1 Å². The molecule has 0 aliphatic heterocycles. The van der Waals surface area contributed by atoms with Crippen molar-refractivity contribution in [2.24, 2.45) is 0 Å². The van der Waals surface area contributed by atoms with E-state index in [1.807, 2.05) is 5.32 Å². The first-order valence-electron chi connectivity index (χ1n) is 6.09. The fourth-order valence-corrected chi connectivity index (χ4v) is 1.49. The van der Waals surface area contributed by atoms with Gasteiger partial charge in [-0.25, -0.2) is 9.97 Å². The van der Waals surface area contributed by atoms with Crippen LogP contribution >= 0.6 is 0 Å². The molecule has 0 aliphatic rings. The Bertz CT molecular complexity index is 478. The topological polar surface area (TPSA) is 66.9 Å². The minimum atomic E-state index is -4.43. The number of nitrogens with zero attached hydrogens (tertiary/aromatic N) is 2. The monoisotopic (exact) mass is 290 g/mol. The van der Waals surface area contributed by atoms with Gasteiger partial charge in [-0.05, 0) is 26.3 Å². The summed E-state index contributed by atoms with van der Waals surface area (Å²) in [5, 5.41) is 4.73. The molecule has 20 heavy (non-hydrogen) atoms. The van der Waals surface area contributed by atoms with Crippen LogP contribution in [0.1, 0.15) is 26.1 Å². The van der Waals surface area contributed by atoms with Crippen LogP contribution in [0.4, 0.5) is 19.0 Å². The molecule has 0 spiro atoms. The number of nitrogens with one attached hydrogen (secondary N) is 2. The molecular formula is C12H17F3N4O. The van der Waals surface area contributed by atoms with Crippen LogP contribution in [0.25, 0.3) is 0 Å². The molecule has 2 N–H and O–H groups in total. The van der Waals surface area contributed by atoms with Crippen molar-refractivity contribution in [1.82, 2.24) is 15.3 Å². The van der Waals surface area contributed by atoms with Crippen LogP contribution < -0.4 is 10.6 Å². The van der Waals surface area contributed by atoms with Crippen molar-refractivity contribution in [3.63, 3.8) is 0 Å². The highest BCUT2D eigenvalue weighted by molar-refractivity contribution is 5.88. The number of hydrogen-bond acceptors (Lipinski definition) is 4. The molecule has 8 heteroatoms. The van der Waals surface area contributed by atoms with Crippen LogP contribution in [0.2, 0.25) is 0 Å². The second-order valence-electron chi connectivity index (χ2n) is 4.60. The molecule has 112 valence electrons. The first-order chi connectivity index (χ1) is 9.16. The standard InChI is InChI=1S/C12H17F3N4O/c1-4-11(3,10(20)17-7-12(13,14)15)19-9-5-6-16-8(2)18-9/h5-6H,4,7H2,1-3H3,(H,17,20)(H,16,18,19). The maximum absolute atomic E-state index is 12.1. The number of carbonyl (C=O) groups is 1. The van der Waals surface area contributed by atoms with E-state index in [-0.39, 0.29) is 0 Å². The molecule has 5 nitrogen and oxygen atoms in total. The summed E-state index contributed by atoms with van der Waals surface area (Å²) >= 11 is 0. The number of aromatic nitrogens is 2. The zero-order valence-electron chi connectivity index (χ0n) is 11.5. The van der Waals surface area contributed by atoms with Crippen molar-refractivity contribution in [3.05, 3.63) is 18.1 Å². The number of anilines is 1. The van der Waals surface area contributed by atoms with Gasteiger partial charge in [-0.2, -0.15) is 13.2 Å². The number of amides is 1. The molecule has 1 heterocycles. The molecule has 0 radical (unpaired) electrons. The fourth-order valence-electron chi connectivity index (χ4n) is 1.49. The van der Waals surface area contributed by atoms with Crippen LogP contribution in [0.5, 0.6) is 0 Å². The van der Waals surface area contributed by atoms with E-state index in [4.69, 9.17) is 0 Å². The fraction of sp³-hybridized carbons (Fsp3) is 0.583. The Hall–Kier alpha value is -1.86. The third kappa shape index (κ3) is 4.67. The largest absolute Gasteiger partial charge is 0.405 e. The molecule has 1 amide bonds. The molecule has 1 aromatic heterocycles. The van der Waals surface area contributed by atoms with E-state index < -0.39 is 24.2 Å². The average molecular weight is 290 g/mol. The molecule has 0 bridgehead atoms. The zero-order valence-corrected chi connectivity index (χ0v) is 11.5. The second kappa shape index (κ2) is 6.06. The van der Waals surface area contributed by atoms with E-state index in [1.54, 1.807) is 19.9 Å². The van der Waals surface area contributed by atoms with Gasteiger partial charge in [0.15, 0.2) is 0 Å². The summed E-state index contributed by atoms with van der Waals surface area (Å²) in [6.07, 6.45) is -2.62. The van der Waals surface area contributed by atoms with Crippen molar-refractivity contribution in [2.75, 3.05) is 11.9 Å². The number of alkyl halides is 3. The van der Waals surface area contributed by atoms with Crippen LogP contribution in [-0.2, 0) is 4.79 Å². The summed E-state index contributed by atoms with van der Waals surface area (Å²) in [5.74, 6) is 0.168. The van der Waals surface area contributed by atoms with Gasteiger partial charge >= 0.3 is 6.18 Å². The van der Waals surface area contributed by atoms with Gasteiger partial charge in [0, 0.05) is 6.20 Å². The molecule has 1 atom stereocenters. The normalized spacial score (nSPS) is 14.5. The lowest BCUT2D eigenvalue weighted by Crippen LogP contribution is -2.52. The van der Waals surface area contributed by atoms with Gasteiger partial charge in [-0.1, -0.05) is 6.92 Å². The third-order valence-electron chi connectivity index (χ3n) is 2.84. The molecule has 0 aliphatic carbocycles. The smallest absolute Gasteiger partial charge is 0.356 e. The number of halogens is 3. The highest BCUT2D eigenvalue weighted by Gasteiger charge is 2.35. The first kappa shape index (κ1) is 16.2.